The fourth-order valence-electron chi connectivity index (χ4n) is 1.74. The van der Waals surface area contributed by atoms with E-state index in [-0.39, 0.29) is 22.3 Å². The Kier molecular flexibility index (Phi) is 5.22. The molecule has 1 unspecified atom stereocenters. The second-order valence-corrected chi connectivity index (χ2v) is 7.92. The first-order valence-electron chi connectivity index (χ1n) is 7.00. The van der Waals surface area contributed by atoms with Crippen molar-refractivity contribution in [1.29, 1.82) is 0 Å². The summed E-state index contributed by atoms with van der Waals surface area (Å²) in [6, 6.07) is 1.28. The standard InChI is InChI=1S/C14H25N3O3S/c1-6-7-17-9-11(21(15,19)20)8-12(17)13(18)16-10(2)14(3,4)5/h8-10H,6-7H2,1-5H3,(H,16,18)(H2,15,19,20). The Morgan fingerprint density at radius 2 is 2.00 bits per heavy atom. The molecular formula is C14H25N3O3S. The van der Waals surface area contributed by atoms with E-state index < -0.39 is 10.0 Å². The number of amides is 1. The smallest absolute Gasteiger partial charge is 0.268 e. The molecule has 1 amide bonds. The lowest BCUT2D eigenvalue weighted by molar-refractivity contribution is 0.0900. The molecule has 7 heteroatoms. The summed E-state index contributed by atoms with van der Waals surface area (Å²) in [5, 5.41) is 8.04. The van der Waals surface area contributed by atoms with Crippen molar-refractivity contribution in [2.45, 2.75) is 58.5 Å². The lowest BCUT2D eigenvalue weighted by Gasteiger charge is -2.28. The first-order valence-corrected chi connectivity index (χ1v) is 8.55. The highest BCUT2D eigenvalue weighted by Crippen LogP contribution is 2.20. The quantitative estimate of drug-likeness (QED) is 0.866. The van der Waals surface area contributed by atoms with Crippen LogP contribution in [0.5, 0.6) is 0 Å². The number of nitrogens with one attached hydrogen (secondary N) is 1. The van der Waals surface area contributed by atoms with Crippen LogP contribution in [0.4, 0.5) is 0 Å². The predicted molar refractivity (Wildman–Crippen MR) is 82.5 cm³/mol. The number of nitrogens with two attached hydrogens (primary N) is 1. The van der Waals surface area contributed by atoms with Crippen molar-refractivity contribution in [1.82, 2.24) is 9.88 Å². The van der Waals surface area contributed by atoms with Gasteiger partial charge in [-0.3, -0.25) is 4.79 Å². The van der Waals surface area contributed by atoms with Gasteiger partial charge in [-0.1, -0.05) is 27.7 Å². The minimum absolute atomic E-state index is 0.0375. The number of nitrogens with zero attached hydrogens (tertiary/aromatic N) is 1. The van der Waals surface area contributed by atoms with Gasteiger partial charge in [-0.25, -0.2) is 13.6 Å². The number of primary sulfonamides is 1. The summed E-state index contributed by atoms with van der Waals surface area (Å²) >= 11 is 0. The van der Waals surface area contributed by atoms with Crippen molar-refractivity contribution >= 4 is 15.9 Å². The van der Waals surface area contributed by atoms with Crippen molar-refractivity contribution in [3.8, 4) is 0 Å². The molecule has 120 valence electrons. The van der Waals surface area contributed by atoms with Crippen LogP contribution in [0.25, 0.3) is 0 Å². The summed E-state index contributed by atoms with van der Waals surface area (Å²) in [5.41, 5.74) is 0.234. The van der Waals surface area contributed by atoms with Crippen molar-refractivity contribution < 1.29 is 13.2 Å². The van der Waals surface area contributed by atoms with Crippen LogP contribution in [0.2, 0.25) is 0 Å². The third-order valence-electron chi connectivity index (χ3n) is 3.54. The van der Waals surface area contributed by atoms with E-state index in [4.69, 9.17) is 5.14 Å². The van der Waals surface area contributed by atoms with Crippen LogP contribution in [-0.2, 0) is 16.6 Å². The van der Waals surface area contributed by atoms with Crippen LogP contribution in [-0.4, -0.2) is 24.9 Å². The lowest BCUT2D eigenvalue weighted by atomic mass is 9.88. The second kappa shape index (κ2) is 6.19. The molecule has 0 spiro atoms. The minimum Gasteiger partial charge on any atom is -0.348 e. The highest BCUT2D eigenvalue weighted by Gasteiger charge is 2.24. The van der Waals surface area contributed by atoms with Gasteiger partial charge in [0.05, 0.1) is 0 Å². The number of aryl methyl sites for hydroxylation is 1. The van der Waals surface area contributed by atoms with E-state index in [0.717, 1.165) is 6.42 Å². The predicted octanol–water partition coefficient (Wildman–Crippen LogP) is 1.71. The van der Waals surface area contributed by atoms with Gasteiger partial charge in [0.25, 0.3) is 5.91 Å². The van der Waals surface area contributed by atoms with Gasteiger partial charge in [0.1, 0.15) is 10.6 Å². The Labute approximate surface area is 126 Å². The van der Waals surface area contributed by atoms with Gasteiger partial charge in [0.2, 0.25) is 10.0 Å². The zero-order valence-corrected chi connectivity index (χ0v) is 14.1. The molecule has 1 aromatic heterocycles. The van der Waals surface area contributed by atoms with Crippen molar-refractivity contribution in [3.05, 3.63) is 18.0 Å². The SMILES string of the molecule is CCCn1cc(S(N)(=O)=O)cc1C(=O)NC(C)C(C)(C)C. The summed E-state index contributed by atoms with van der Waals surface area (Å²) in [7, 11) is -3.81. The molecule has 0 bridgehead atoms. The van der Waals surface area contributed by atoms with Crippen molar-refractivity contribution in [2.24, 2.45) is 10.6 Å². The molecule has 6 nitrogen and oxygen atoms in total. The van der Waals surface area contributed by atoms with E-state index in [1.165, 1.54) is 12.3 Å². The van der Waals surface area contributed by atoms with Gasteiger partial charge >= 0.3 is 0 Å². The number of hydrogen-bond donors (Lipinski definition) is 2. The number of hydrogen-bond acceptors (Lipinski definition) is 3. The molecule has 0 aliphatic carbocycles. The lowest BCUT2D eigenvalue weighted by Crippen LogP contribution is -2.42. The summed E-state index contributed by atoms with van der Waals surface area (Å²) in [6.45, 7) is 10.5. The molecule has 0 radical (unpaired) electrons. The van der Waals surface area contributed by atoms with Gasteiger partial charge in [0.15, 0.2) is 0 Å². The molecule has 0 saturated heterocycles. The Balaban J connectivity index is 3.11. The molecule has 1 atom stereocenters. The van der Waals surface area contributed by atoms with Crippen molar-refractivity contribution in [3.63, 3.8) is 0 Å². The maximum atomic E-state index is 12.4. The molecule has 0 aromatic carbocycles. The van der Waals surface area contributed by atoms with Gasteiger partial charge in [-0.2, -0.15) is 0 Å². The average molecular weight is 315 g/mol. The number of rotatable bonds is 5. The fourth-order valence-corrected chi connectivity index (χ4v) is 2.29. The highest BCUT2D eigenvalue weighted by molar-refractivity contribution is 7.89. The molecule has 0 aliphatic rings. The van der Waals surface area contributed by atoms with E-state index in [9.17, 15) is 13.2 Å². The molecule has 1 heterocycles. The van der Waals surface area contributed by atoms with Gasteiger partial charge < -0.3 is 9.88 Å². The van der Waals surface area contributed by atoms with E-state index >= 15 is 0 Å². The van der Waals surface area contributed by atoms with Crippen LogP contribution < -0.4 is 10.5 Å². The van der Waals surface area contributed by atoms with E-state index in [2.05, 4.69) is 5.32 Å². The normalized spacial score (nSPS) is 14.0. The highest BCUT2D eigenvalue weighted by atomic mass is 32.2. The topological polar surface area (TPSA) is 94.2 Å². The number of carbonyl (C=O) groups is 1. The van der Waals surface area contributed by atoms with Crippen LogP contribution >= 0.6 is 0 Å². The monoisotopic (exact) mass is 315 g/mol. The number of aromatic nitrogens is 1. The largest absolute Gasteiger partial charge is 0.348 e. The van der Waals surface area contributed by atoms with Gasteiger partial charge in [-0.05, 0) is 24.8 Å². The molecule has 3 N–H and O–H groups in total. The van der Waals surface area contributed by atoms with Crippen LogP contribution in [0.15, 0.2) is 17.2 Å². The minimum atomic E-state index is -3.81. The summed E-state index contributed by atoms with van der Waals surface area (Å²) in [5.74, 6) is -0.291. The average Bonchev–Trinajstić information content (AvgIpc) is 2.72. The summed E-state index contributed by atoms with van der Waals surface area (Å²) in [6.07, 6.45) is 2.20. The Morgan fingerprint density at radius 1 is 1.43 bits per heavy atom. The summed E-state index contributed by atoms with van der Waals surface area (Å²) in [4.78, 5) is 12.3. The Bertz CT molecular complexity index is 612. The first-order chi connectivity index (χ1) is 9.46. The van der Waals surface area contributed by atoms with Crippen LogP contribution in [0.1, 0.15) is 51.5 Å². The Hall–Kier alpha value is -1.34. The molecular weight excluding hydrogens is 290 g/mol. The van der Waals surface area contributed by atoms with E-state index in [1.54, 1.807) is 4.57 Å². The van der Waals surface area contributed by atoms with Gasteiger partial charge in [-0.15, -0.1) is 0 Å². The maximum Gasteiger partial charge on any atom is 0.268 e. The first kappa shape index (κ1) is 17.7. The molecule has 21 heavy (non-hydrogen) atoms. The van der Waals surface area contributed by atoms with E-state index in [1.807, 2.05) is 34.6 Å². The second-order valence-electron chi connectivity index (χ2n) is 6.36. The van der Waals surface area contributed by atoms with Crippen LogP contribution in [0, 0.1) is 5.41 Å². The number of carbonyl (C=O) groups excluding carboxylic acids is 1. The molecule has 1 aromatic rings. The zero-order chi connectivity index (χ0) is 16.4. The maximum absolute atomic E-state index is 12.4. The molecule has 1 rings (SSSR count). The zero-order valence-electron chi connectivity index (χ0n) is 13.3. The Morgan fingerprint density at radius 3 is 2.43 bits per heavy atom. The van der Waals surface area contributed by atoms with Crippen LogP contribution in [0.3, 0.4) is 0 Å². The fraction of sp³-hybridized carbons (Fsp3) is 0.643. The van der Waals surface area contributed by atoms with Gasteiger partial charge in [0, 0.05) is 18.8 Å². The third-order valence-corrected chi connectivity index (χ3v) is 4.42. The molecule has 0 saturated carbocycles. The molecule has 0 aliphatic heterocycles. The number of sulfonamides is 1. The van der Waals surface area contributed by atoms with Crippen molar-refractivity contribution in [2.75, 3.05) is 0 Å². The third kappa shape index (κ3) is 4.57. The molecule has 0 fully saturated rings. The summed E-state index contributed by atoms with van der Waals surface area (Å²) < 4.78 is 24.5. The van der Waals surface area contributed by atoms with E-state index in [0.29, 0.717) is 12.2 Å².